The third-order valence-corrected chi connectivity index (χ3v) is 2.28. The molecule has 16 heavy (non-hydrogen) atoms. The van der Waals surface area contributed by atoms with Crippen LogP contribution in [0.5, 0.6) is 5.95 Å². The summed E-state index contributed by atoms with van der Waals surface area (Å²) < 4.78 is 31.7. The number of hydrogen-bond acceptors (Lipinski definition) is 6. The molecule has 8 heteroatoms. The SMILES string of the molecule is CCOc1oc(CS(C)(=O)=O)nc1C(=O)O. The highest BCUT2D eigenvalue weighted by atomic mass is 32.2. The first-order valence-electron chi connectivity index (χ1n) is 4.37. The van der Waals surface area contributed by atoms with E-state index in [1.54, 1.807) is 6.92 Å². The Morgan fingerprint density at radius 3 is 2.62 bits per heavy atom. The van der Waals surface area contributed by atoms with Crippen LogP contribution in [0.25, 0.3) is 0 Å². The van der Waals surface area contributed by atoms with Gasteiger partial charge >= 0.3 is 11.9 Å². The summed E-state index contributed by atoms with van der Waals surface area (Å²) in [5.41, 5.74) is -0.416. The van der Waals surface area contributed by atoms with Crippen molar-refractivity contribution in [2.45, 2.75) is 12.7 Å². The lowest BCUT2D eigenvalue weighted by Gasteiger charge is -1.96. The van der Waals surface area contributed by atoms with Gasteiger partial charge in [-0.05, 0) is 6.92 Å². The number of aromatic carboxylic acids is 1. The molecule has 1 rings (SSSR count). The number of ether oxygens (including phenoxy) is 1. The number of oxazole rings is 1. The quantitative estimate of drug-likeness (QED) is 0.800. The van der Waals surface area contributed by atoms with Crippen LogP contribution in [0, 0.1) is 0 Å². The molecule has 90 valence electrons. The minimum absolute atomic E-state index is 0.191. The molecule has 1 heterocycles. The molecule has 1 aromatic rings. The standard InChI is InChI=1S/C8H11NO6S/c1-3-14-8-6(7(10)11)9-5(15-8)4-16(2,12)13/h3-4H2,1-2H3,(H,10,11). The van der Waals surface area contributed by atoms with Gasteiger partial charge in [0.05, 0.1) is 6.61 Å². The first kappa shape index (κ1) is 12.5. The molecule has 1 N–H and O–H groups in total. The molecule has 0 amide bonds. The molecule has 7 nitrogen and oxygen atoms in total. The molecule has 0 saturated carbocycles. The van der Waals surface area contributed by atoms with E-state index < -0.39 is 27.3 Å². The Balaban J connectivity index is 3.06. The van der Waals surface area contributed by atoms with E-state index in [2.05, 4.69) is 4.98 Å². The highest BCUT2D eigenvalue weighted by Gasteiger charge is 2.22. The van der Waals surface area contributed by atoms with Crippen LogP contribution in [0.15, 0.2) is 4.42 Å². The zero-order chi connectivity index (χ0) is 12.3. The Morgan fingerprint density at radius 1 is 1.56 bits per heavy atom. The number of carboxylic acids is 1. The molecule has 0 bridgehead atoms. The molecule has 0 aromatic carbocycles. The molecule has 0 aliphatic carbocycles. The summed E-state index contributed by atoms with van der Waals surface area (Å²) in [4.78, 5) is 14.3. The van der Waals surface area contributed by atoms with E-state index in [1.165, 1.54) is 0 Å². The van der Waals surface area contributed by atoms with Crippen LogP contribution < -0.4 is 4.74 Å². The third kappa shape index (κ3) is 3.23. The fourth-order valence-corrected chi connectivity index (χ4v) is 1.57. The maximum Gasteiger partial charge on any atom is 0.362 e. The number of nitrogens with zero attached hydrogens (tertiary/aromatic N) is 1. The van der Waals surface area contributed by atoms with Gasteiger partial charge in [0.25, 0.3) is 0 Å². The number of rotatable bonds is 5. The number of carbonyl (C=O) groups is 1. The Morgan fingerprint density at radius 2 is 2.19 bits per heavy atom. The number of carboxylic acid groups (broad SMARTS) is 1. The Labute approximate surface area is 92.0 Å². The van der Waals surface area contributed by atoms with Crippen LogP contribution in [0.1, 0.15) is 23.3 Å². The van der Waals surface area contributed by atoms with E-state index in [-0.39, 0.29) is 18.4 Å². The lowest BCUT2D eigenvalue weighted by molar-refractivity contribution is 0.0683. The summed E-state index contributed by atoms with van der Waals surface area (Å²) >= 11 is 0. The molecule has 0 unspecified atom stereocenters. The van der Waals surface area contributed by atoms with Crippen molar-refractivity contribution in [3.63, 3.8) is 0 Å². The summed E-state index contributed by atoms with van der Waals surface area (Å²) in [6.45, 7) is 1.85. The van der Waals surface area contributed by atoms with Crippen LogP contribution in [0.2, 0.25) is 0 Å². The van der Waals surface area contributed by atoms with Gasteiger partial charge in [0.1, 0.15) is 5.75 Å². The first-order valence-corrected chi connectivity index (χ1v) is 6.43. The summed E-state index contributed by atoms with van der Waals surface area (Å²) in [5, 5.41) is 8.75. The molecular formula is C8H11NO6S. The molecule has 0 fully saturated rings. The van der Waals surface area contributed by atoms with E-state index in [4.69, 9.17) is 14.3 Å². The second kappa shape index (κ2) is 4.52. The number of hydrogen-bond donors (Lipinski definition) is 1. The van der Waals surface area contributed by atoms with Crippen molar-refractivity contribution in [2.24, 2.45) is 0 Å². The lowest BCUT2D eigenvalue weighted by atomic mass is 10.5. The van der Waals surface area contributed by atoms with Crippen LogP contribution in [-0.2, 0) is 15.6 Å². The van der Waals surface area contributed by atoms with Crippen molar-refractivity contribution in [3.8, 4) is 5.95 Å². The topological polar surface area (TPSA) is 107 Å². The fourth-order valence-electron chi connectivity index (χ4n) is 0.999. The molecular weight excluding hydrogens is 238 g/mol. The van der Waals surface area contributed by atoms with Crippen molar-refractivity contribution < 1.29 is 27.5 Å². The van der Waals surface area contributed by atoms with Gasteiger partial charge in [0.2, 0.25) is 11.6 Å². The second-order valence-corrected chi connectivity index (χ2v) is 5.19. The van der Waals surface area contributed by atoms with Gasteiger partial charge in [-0.3, -0.25) is 0 Å². The predicted octanol–water partition coefficient (Wildman–Crippen LogP) is 0.316. The molecule has 0 spiro atoms. The van der Waals surface area contributed by atoms with Crippen LogP contribution in [-0.4, -0.2) is 37.3 Å². The maximum absolute atomic E-state index is 11.0. The normalized spacial score (nSPS) is 11.4. The van der Waals surface area contributed by atoms with Gasteiger partial charge < -0.3 is 14.3 Å². The van der Waals surface area contributed by atoms with Gasteiger partial charge in [-0.15, -0.1) is 0 Å². The summed E-state index contributed by atoms with van der Waals surface area (Å²) in [6, 6.07) is 0. The van der Waals surface area contributed by atoms with Crippen LogP contribution in [0.3, 0.4) is 0 Å². The van der Waals surface area contributed by atoms with Crippen molar-refractivity contribution in [1.29, 1.82) is 0 Å². The molecule has 0 atom stereocenters. The zero-order valence-electron chi connectivity index (χ0n) is 8.76. The zero-order valence-corrected chi connectivity index (χ0v) is 9.57. The average molecular weight is 249 g/mol. The smallest absolute Gasteiger partial charge is 0.362 e. The van der Waals surface area contributed by atoms with E-state index in [9.17, 15) is 13.2 Å². The first-order chi connectivity index (χ1) is 7.33. The summed E-state index contributed by atoms with van der Waals surface area (Å²) in [5.74, 6) is -2.25. The van der Waals surface area contributed by atoms with Crippen molar-refractivity contribution in [3.05, 3.63) is 11.6 Å². The number of aromatic nitrogens is 1. The minimum Gasteiger partial charge on any atom is -0.476 e. The molecule has 0 aliphatic heterocycles. The van der Waals surface area contributed by atoms with E-state index in [0.717, 1.165) is 6.26 Å². The third-order valence-electron chi connectivity index (χ3n) is 1.50. The summed E-state index contributed by atoms with van der Waals surface area (Å²) in [6.07, 6.45) is 0.998. The lowest BCUT2D eigenvalue weighted by Crippen LogP contribution is -2.03. The van der Waals surface area contributed by atoms with Crippen molar-refractivity contribution in [2.75, 3.05) is 12.9 Å². The van der Waals surface area contributed by atoms with E-state index in [1.807, 2.05) is 0 Å². The Hall–Kier alpha value is -1.57. The van der Waals surface area contributed by atoms with Gasteiger partial charge in [0, 0.05) is 6.26 Å². The van der Waals surface area contributed by atoms with Crippen molar-refractivity contribution >= 4 is 15.8 Å². The molecule has 0 saturated heterocycles. The highest BCUT2D eigenvalue weighted by molar-refractivity contribution is 7.89. The molecule has 1 aromatic heterocycles. The second-order valence-electron chi connectivity index (χ2n) is 3.05. The van der Waals surface area contributed by atoms with Gasteiger partial charge in [-0.25, -0.2) is 18.2 Å². The number of sulfone groups is 1. The Bertz CT molecular complexity index is 489. The predicted molar refractivity (Wildman–Crippen MR) is 53.2 cm³/mol. The van der Waals surface area contributed by atoms with Crippen LogP contribution in [0.4, 0.5) is 0 Å². The van der Waals surface area contributed by atoms with Gasteiger partial charge in [0.15, 0.2) is 9.84 Å². The van der Waals surface area contributed by atoms with E-state index in [0.29, 0.717) is 0 Å². The largest absolute Gasteiger partial charge is 0.476 e. The summed E-state index contributed by atoms with van der Waals surface area (Å²) in [7, 11) is -3.33. The van der Waals surface area contributed by atoms with E-state index >= 15 is 0 Å². The molecule has 0 aliphatic rings. The van der Waals surface area contributed by atoms with Crippen LogP contribution >= 0.6 is 0 Å². The highest BCUT2D eigenvalue weighted by Crippen LogP contribution is 2.21. The maximum atomic E-state index is 11.0. The van der Waals surface area contributed by atoms with Gasteiger partial charge in [-0.1, -0.05) is 0 Å². The minimum atomic E-state index is -3.33. The monoisotopic (exact) mass is 249 g/mol. The fraction of sp³-hybridized carbons (Fsp3) is 0.500. The Kier molecular flexibility index (Phi) is 3.53. The van der Waals surface area contributed by atoms with Crippen molar-refractivity contribution in [1.82, 2.24) is 4.98 Å². The molecule has 0 radical (unpaired) electrons. The van der Waals surface area contributed by atoms with Gasteiger partial charge in [-0.2, -0.15) is 0 Å². The average Bonchev–Trinajstić information content (AvgIpc) is 2.45.